The first-order valence-electron chi connectivity index (χ1n) is 10.6. The summed E-state index contributed by atoms with van der Waals surface area (Å²) in [5.74, 6) is 0.846. The maximum Gasteiger partial charge on any atom is 0.262 e. The van der Waals surface area contributed by atoms with Crippen LogP contribution >= 0.6 is 11.6 Å². The number of carbonyl (C=O) groups is 1. The molecule has 0 bridgehead atoms. The second-order valence-corrected chi connectivity index (χ2v) is 8.32. The zero-order valence-corrected chi connectivity index (χ0v) is 18.9. The van der Waals surface area contributed by atoms with Gasteiger partial charge in [0.2, 0.25) is 5.89 Å². The highest BCUT2D eigenvalue weighted by molar-refractivity contribution is 6.32. The van der Waals surface area contributed by atoms with Crippen LogP contribution in [-0.4, -0.2) is 17.5 Å². The molecule has 0 aliphatic rings. The van der Waals surface area contributed by atoms with Crippen molar-refractivity contribution in [3.8, 4) is 17.2 Å². The molecule has 0 aliphatic heterocycles. The van der Waals surface area contributed by atoms with Crippen molar-refractivity contribution in [1.82, 2.24) is 4.98 Å². The minimum atomic E-state index is -0.263. The third-order valence-electron chi connectivity index (χ3n) is 5.46. The van der Waals surface area contributed by atoms with Crippen molar-refractivity contribution in [2.45, 2.75) is 13.8 Å². The highest BCUT2D eigenvalue weighted by Gasteiger charge is 2.12. The topological polar surface area (TPSA) is 64.4 Å². The van der Waals surface area contributed by atoms with E-state index in [1.807, 2.05) is 86.6 Å². The molecule has 5 aromatic rings. The molecule has 0 spiro atoms. The van der Waals surface area contributed by atoms with E-state index in [0.29, 0.717) is 22.4 Å². The van der Waals surface area contributed by atoms with Crippen molar-refractivity contribution >= 4 is 45.1 Å². The Bertz CT molecular complexity index is 1480. The number of halogens is 1. The van der Waals surface area contributed by atoms with Gasteiger partial charge >= 0.3 is 0 Å². The third-order valence-corrected chi connectivity index (χ3v) is 6.05. The molecule has 0 radical (unpaired) electrons. The van der Waals surface area contributed by atoms with Crippen molar-refractivity contribution < 1.29 is 13.9 Å². The summed E-state index contributed by atoms with van der Waals surface area (Å²) >= 11 is 6.19. The molecular formula is C27H21ClN2O3. The first-order chi connectivity index (χ1) is 16.0. The van der Waals surface area contributed by atoms with Gasteiger partial charge in [-0.1, -0.05) is 48.0 Å². The molecule has 0 atom stereocenters. The van der Waals surface area contributed by atoms with Crippen molar-refractivity contribution in [1.29, 1.82) is 0 Å². The number of nitrogens with zero attached hydrogens (tertiary/aromatic N) is 1. The number of rotatable bonds is 5. The molecule has 5 nitrogen and oxygen atoms in total. The summed E-state index contributed by atoms with van der Waals surface area (Å²) in [4.78, 5) is 17.2. The first-order valence-corrected chi connectivity index (χ1v) is 10.9. The lowest BCUT2D eigenvalue weighted by Gasteiger charge is -2.10. The molecule has 6 heteroatoms. The van der Waals surface area contributed by atoms with Crippen molar-refractivity contribution in [2.24, 2.45) is 0 Å². The number of anilines is 1. The lowest BCUT2D eigenvalue weighted by Crippen LogP contribution is -2.20. The fraction of sp³-hybridized carbons (Fsp3) is 0.111. The standard InChI is InChI=1S/C27H21ClN2O3/c1-16-12-21(13-17(2)25(16)28)32-15-24(31)29-20-8-5-7-19(14-20)27-30-26-22-9-4-3-6-18(22)10-11-23(26)33-27/h3-14H,15H2,1-2H3,(H,29,31). The quantitative estimate of drug-likeness (QED) is 0.311. The van der Waals surface area contributed by atoms with E-state index in [0.717, 1.165) is 38.6 Å². The average molecular weight is 457 g/mol. The SMILES string of the molecule is Cc1cc(OCC(=O)Nc2cccc(-c3nc4c(ccc5ccccc54)o3)c2)cc(C)c1Cl. The number of amides is 1. The maximum atomic E-state index is 12.5. The summed E-state index contributed by atoms with van der Waals surface area (Å²) in [6.45, 7) is 3.70. The zero-order chi connectivity index (χ0) is 22.9. The summed E-state index contributed by atoms with van der Waals surface area (Å²) in [6, 6.07) is 23.1. The van der Waals surface area contributed by atoms with Crippen LogP contribution in [0.4, 0.5) is 5.69 Å². The van der Waals surface area contributed by atoms with Gasteiger partial charge in [0.1, 0.15) is 11.3 Å². The lowest BCUT2D eigenvalue weighted by atomic mass is 10.1. The van der Waals surface area contributed by atoms with Crippen LogP contribution in [0.25, 0.3) is 33.3 Å². The second-order valence-electron chi connectivity index (χ2n) is 7.94. The fourth-order valence-corrected chi connectivity index (χ4v) is 3.96. The largest absolute Gasteiger partial charge is 0.484 e. The molecule has 4 aromatic carbocycles. The van der Waals surface area contributed by atoms with Gasteiger partial charge in [-0.15, -0.1) is 0 Å². The Hall–Kier alpha value is -3.83. The lowest BCUT2D eigenvalue weighted by molar-refractivity contribution is -0.118. The van der Waals surface area contributed by atoms with Gasteiger partial charge in [-0.2, -0.15) is 0 Å². The maximum absolute atomic E-state index is 12.5. The summed E-state index contributed by atoms with van der Waals surface area (Å²) in [5, 5.41) is 5.72. The first kappa shape index (κ1) is 21.0. The zero-order valence-electron chi connectivity index (χ0n) is 18.2. The number of hydrogen-bond donors (Lipinski definition) is 1. The number of aryl methyl sites for hydroxylation is 2. The third kappa shape index (κ3) is 4.28. The van der Waals surface area contributed by atoms with Gasteiger partial charge in [0, 0.05) is 21.7 Å². The molecule has 1 N–H and O–H groups in total. The van der Waals surface area contributed by atoms with E-state index in [2.05, 4.69) is 5.32 Å². The number of nitrogens with one attached hydrogen (secondary N) is 1. The molecule has 1 amide bonds. The molecule has 5 rings (SSSR count). The van der Waals surface area contributed by atoms with Gasteiger partial charge in [0.05, 0.1) is 0 Å². The van der Waals surface area contributed by atoms with Crippen LogP contribution in [0, 0.1) is 13.8 Å². The van der Waals surface area contributed by atoms with Gasteiger partial charge < -0.3 is 14.5 Å². The Morgan fingerprint density at radius 2 is 1.79 bits per heavy atom. The number of benzene rings is 4. The number of aromatic nitrogens is 1. The van der Waals surface area contributed by atoms with Gasteiger partial charge in [-0.05, 0) is 66.8 Å². The molecular weight excluding hydrogens is 436 g/mol. The van der Waals surface area contributed by atoms with E-state index in [9.17, 15) is 4.79 Å². The van der Waals surface area contributed by atoms with E-state index in [-0.39, 0.29) is 12.5 Å². The molecule has 0 fully saturated rings. The molecule has 0 unspecified atom stereocenters. The van der Waals surface area contributed by atoms with E-state index in [1.54, 1.807) is 0 Å². The predicted molar refractivity (Wildman–Crippen MR) is 132 cm³/mol. The summed E-state index contributed by atoms with van der Waals surface area (Å²) in [5.41, 5.74) is 4.77. The van der Waals surface area contributed by atoms with Gasteiger partial charge in [-0.25, -0.2) is 4.98 Å². The average Bonchev–Trinajstić information content (AvgIpc) is 3.26. The van der Waals surface area contributed by atoms with Gasteiger partial charge in [-0.3, -0.25) is 4.79 Å². The van der Waals surface area contributed by atoms with Crippen molar-refractivity contribution in [2.75, 3.05) is 11.9 Å². The van der Waals surface area contributed by atoms with Crippen LogP contribution in [0.2, 0.25) is 5.02 Å². The molecule has 164 valence electrons. The normalized spacial score (nSPS) is 11.1. The summed E-state index contributed by atoms with van der Waals surface area (Å²) in [6.07, 6.45) is 0. The van der Waals surface area contributed by atoms with Crippen LogP contribution in [0.5, 0.6) is 5.75 Å². The Balaban J connectivity index is 1.33. The molecule has 33 heavy (non-hydrogen) atoms. The van der Waals surface area contributed by atoms with Crippen molar-refractivity contribution in [3.63, 3.8) is 0 Å². The van der Waals surface area contributed by atoms with Crippen LogP contribution in [0.1, 0.15) is 11.1 Å². The Labute approximate surface area is 196 Å². The Morgan fingerprint density at radius 3 is 2.61 bits per heavy atom. The monoisotopic (exact) mass is 456 g/mol. The van der Waals surface area contributed by atoms with Gasteiger partial charge in [0.15, 0.2) is 12.2 Å². The van der Waals surface area contributed by atoms with E-state index >= 15 is 0 Å². The summed E-state index contributed by atoms with van der Waals surface area (Å²) in [7, 11) is 0. The van der Waals surface area contributed by atoms with E-state index < -0.39 is 0 Å². The van der Waals surface area contributed by atoms with E-state index in [1.165, 1.54) is 0 Å². The number of hydrogen-bond acceptors (Lipinski definition) is 4. The fourth-order valence-electron chi connectivity index (χ4n) is 3.85. The smallest absolute Gasteiger partial charge is 0.262 e. The molecule has 0 aliphatic carbocycles. The van der Waals surface area contributed by atoms with E-state index in [4.69, 9.17) is 25.7 Å². The van der Waals surface area contributed by atoms with Crippen LogP contribution in [0.3, 0.4) is 0 Å². The number of fused-ring (bicyclic) bond motifs is 3. The second kappa shape index (κ2) is 8.60. The summed E-state index contributed by atoms with van der Waals surface area (Å²) < 4.78 is 11.7. The number of oxazole rings is 1. The van der Waals surface area contributed by atoms with Crippen molar-refractivity contribution in [3.05, 3.63) is 88.9 Å². The highest BCUT2D eigenvalue weighted by Crippen LogP contribution is 2.31. The minimum Gasteiger partial charge on any atom is -0.484 e. The molecule has 0 saturated carbocycles. The molecule has 1 heterocycles. The number of ether oxygens (including phenoxy) is 1. The Kier molecular flexibility index (Phi) is 5.48. The highest BCUT2D eigenvalue weighted by atomic mass is 35.5. The van der Waals surface area contributed by atoms with Gasteiger partial charge in [0.25, 0.3) is 5.91 Å². The minimum absolute atomic E-state index is 0.111. The molecule has 1 aromatic heterocycles. The van der Waals surface area contributed by atoms with Crippen LogP contribution in [-0.2, 0) is 4.79 Å². The Morgan fingerprint density at radius 1 is 1.00 bits per heavy atom. The number of carbonyl (C=O) groups excluding carboxylic acids is 1. The predicted octanol–water partition coefficient (Wildman–Crippen LogP) is 6.94. The van der Waals surface area contributed by atoms with Crippen LogP contribution < -0.4 is 10.1 Å². The molecule has 0 saturated heterocycles. The van der Waals surface area contributed by atoms with Crippen LogP contribution in [0.15, 0.2) is 77.2 Å².